The summed E-state index contributed by atoms with van der Waals surface area (Å²) in [4.78, 5) is 32.8. The Morgan fingerprint density at radius 3 is 2.62 bits per heavy atom. The van der Waals surface area contributed by atoms with Crippen molar-refractivity contribution in [2.45, 2.75) is 89.4 Å². The number of carbonyl (C=O) groups excluding carboxylic acids is 2. The average Bonchev–Trinajstić information content (AvgIpc) is 3.33. The van der Waals surface area contributed by atoms with Crippen LogP contribution in [0, 0.1) is 0 Å². The number of anilines is 1. The number of likely N-dealkylation sites (N-methyl/N-ethyl adjacent to an activating group) is 1. The first-order chi connectivity index (χ1) is 15.6. The zero-order valence-corrected chi connectivity index (χ0v) is 19.8. The minimum atomic E-state index is 0.156. The Morgan fingerprint density at radius 1 is 1.03 bits per heavy atom. The van der Waals surface area contributed by atoms with Crippen LogP contribution >= 0.6 is 0 Å². The number of rotatable bonds is 4. The van der Waals surface area contributed by atoms with Crippen molar-refractivity contribution in [3.63, 3.8) is 0 Å². The van der Waals surface area contributed by atoms with Gasteiger partial charge in [-0.3, -0.25) is 14.5 Å². The molecule has 1 aromatic carbocycles. The van der Waals surface area contributed by atoms with E-state index in [1.54, 1.807) is 0 Å². The Morgan fingerprint density at radius 2 is 1.84 bits per heavy atom. The molecule has 3 atom stereocenters. The number of hydrogen-bond donors (Lipinski definition) is 0. The zero-order valence-electron chi connectivity index (χ0n) is 19.8. The lowest BCUT2D eigenvalue weighted by Crippen LogP contribution is -2.50. The molecule has 0 N–H and O–H groups in total. The first-order valence-corrected chi connectivity index (χ1v) is 12.6. The molecule has 0 aromatic heterocycles. The molecule has 0 saturated carbocycles. The molecule has 3 unspecified atom stereocenters. The molecular formula is C26H39N3O3. The molecule has 32 heavy (non-hydrogen) atoms. The Kier molecular flexibility index (Phi) is 7.84. The van der Waals surface area contributed by atoms with E-state index in [2.05, 4.69) is 22.9 Å². The number of piperidine rings is 1. The van der Waals surface area contributed by atoms with E-state index in [1.807, 2.05) is 30.0 Å². The van der Waals surface area contributed by atoms with Gasteiger partial charge in [0, 0.05) is 56.9 Å². The lowest BCUT2D eigenvalue weighted by atomic mass is 9.93. The maximum absolute atomic E-state index is 13.4. The van der Waals surface area contributed by atoms with Gasteiger partial charge in [0.1, 0.15) is 0 Å². The third kappa shape index (κ3) is 5.34. The largest absolute Gasteiger partial charge is 0.378 e. The van der Waals surface area contributed by atoms with Crippen LogP contribution in [0.1, 0.15) is 70.3 Å². The minimum Gasteiger partial charge on any atom is -0.378 e. The summed E-state index contributed by atoms with van der Waals surface area (Å²) in [6.45, 7) is 4.81. The fourth-order valence-electron chi connectivity index (χ4n) is 5.65. The zero-order chi connectivity index (χ0) is 22.5. The predicted molar refractivity (Wildman–Crippen MR) is 127 cm³/mol. The van der Waals surface area contributed by atoms with E-state index in [-0.39, 0.29) is 17.9 Å². The van der Waals surface area contributed by atoms with Crippen LogP contribution in [0.4, 0.5) is 5.69 Å². The van der Waals surface area contributed by atoms with Gasteiger partial charge in [-0.2, -0.15) is 0 Å². The van der Waals surface area contributed by atoms with Crippen LogP contribution in [0.25, 0.3) is 0 Å². The first-order valence-electron chi connectivity index (χ1n) is 12.6. The van der Waals surface area contributed by atoms with Crippen LogP contribution in [-0.2, 0) is 20.9 Å². The molecule has 3 heterocycles. The second-order valence-corrected chi connectivity index (χ2v) is 9.67. The van der Waals surface area contributed by atoms with Gasteiger partial charge in [0.15, 0.2) is 0 Å². The van der Waals surface area contributed by atoms with Crippen LogP contribution in [-0.4, -0.2) is 66.5 Å². The number of hydrogen-bond acceptors (Lipinski definition) is 4. The highest BCUT2D eigenvalue weighted by Crippen LogP contribution is 2.30. The second-order valence-electron chi connectivity index (χ2n) is 9.67. The fourth-order valence-corrected chi connectivity index (χ4v) is 5.65. The molecule has 1 aromatic rings. The Balaban J connectivity index is 1.61. The summed E-state index contributed by atoms with van der Waals surface area (Å²) in [5.41, 5.74) is 2.04. The highest BCUT2D eigenvalue weighted by molar-refractivity contribution is 5.94. The minimum absolute atomic E-state index is 0.156. The molecule has 2 bridgehead atoms. The summed E-state index contributed by atoms with van der Waals surface area (Å²) in [5.74, 6) is 0.362. The molecule has 0 aliphatic carbocycles. The van der Waals surface area contributed by atoms with Gasteiger partial charge >= 0.3 is 0 Å². The molecule has 2 saturated heterocycles. The highest BCUT2D eigenvalue weighted by atomic mass is 16.5. The normalized spacial score (nSPS) is 27.0. The summed E-state index contributed by atoms with van der Waals surface area (Å²) in [6, 6.07) is 8.98. The third-order valence-corrected chi connectivity index (χ3v) is 7.65. The van der Waals surface area contributed by atoms with Gasteiger partial charge in [-0.05, 0) is 57.2 Å². The van der Waals surface area contributed by atoms with Gasteiger partial charge < -0.3 is 14.5 Å². The number of amides is 2. The Bertz CT molecular complexity index is 792. The number of fused-ring (bicyclic) bond motifs is 3. The molecule has 6 heteroatoms. The van der Waals surface area contributed by atoms with Crippen LogP contribution in [0.3, 0.4) is 0 Å². The second kappa shape index (κ2) is 10.8. The topological polar surface area (TPSA) is 53.1 Å². The standard InChI is InChI=1S/C26H39N3O3/c1-3-25(30)29-16-15-21-9-6-10-22(27(21)2)19-28(18-20-8-4-5-12-24(20)29)26(31)14-13-23-11-7-17-32-23/h4-5,8,12,21-23H,3,6-7,9-11,13-19H2,1-2H3. The monoisotopic (exact) mass is 441 g/mol. The Labute approximate surface area is 192 Å². The Hall–Kier alpha value is -1.92. The van der Waals surface area contributed by atoms with Gasteiger partial charge in [-0.1, -0.05) is 31.5 Å². The molecule has 176 valence electrons. The van der Waals surface area contributed by atoms with Gasteiger partial charge in [0.25, 0.3) is 0 Å². The van der Waals surface area contributed by atoms with Crippen molar-refractivity contribution in [1.29, 1.82) is 0 Å². The quantitative estimate of drug-likeness (QED) is 0.709. The van der Waals surface area contributed by atoms with Crippen molar-refractivity contribution in [3.8, 4) is 0 Å². The number of benzene rings is 1. The van der Waals surface area contributed by atoms with E-state index < -0.39 is 0 Å². The summed E-state index contributed by atoms with van der Waals surface area (Å²) in [5, 5.41) is 0. The smallest absolute Gasteiger partial charge is 0.226 e. The molecule has 2 amide bonds. The summed E-state index contributed by atoms with van der Waals surface area (Å²) in [7, 11) is 2.21. The first kappa shape index (κ1) is 23.2. The summed E-state index contributed by atoms with van der Waals surface area (Å²) >= 11 is 0. The molecule has 4 rings (SSSR count). The molecule has 0 radical (unpaired) electrons. The van der Waals surface area contributed by atoms with Crippen molar-refractivity contribution in [2.24, 2.45) is 0 Å². The third-order valence-electron chi connectivity index (χ3n) is 7.65. The van der Waals surface area contributed by atoms with E-state index in [1.165, 1.54) is 6.42 Å². The van der Waals surface area contributed by atoms with E-state index in [9.17, 15) is 9.59 Å². The maximum atomic E-state index is 13.4. The molecule has 3 aliphatic heterocycles. The molecule has 0 spiro atoms. The SMILES string of the molecule is CCC(=O)N1CCC2CCCC(CN(C(=O)CCC3CCCO3)Cc3ccccc31)N2C. The predicted octanol–water partition coefficient (Wildman–Crippen LogP) is 3.97. The number of ether oxygens (including phenoxy) is 1. The molecule has 2 fully saturated rings. The van der Waals surface area contributed by atoms with Crippen molar-refractivity contribution in [3.05, 3.63) is 29.8 Å². The van der Waals surface area contributed by atoms with E-state index in [4.69, 9.17) is 4.74 Å². The highest BCUT2D eigenvalue weighted by Gasteiger charge is 2.32. The van der Waals surface area contributed by atoms with Gasteiger partial charge in [-0.15, -0.1) is 0 Å². The van der Waals surface area contributed by atoms with Crippen LogP contribution < -0.4 is 4.90 Å². The molecular weight excluding hydrogens is 402 g/mol. The lowest BCUT2D eigenvalue weighted by molar-refractivity contribution is -0.133. The average molecular weight is 442 g/mol. The maximum Gasteiger partial charge on any atom is 0.226 e. The van der Waals surface area contributed by atoms with Gasteiger partial charge in [-0.25, -0.2) is 0 Å². The number of para-hydroxylation sites is 1. The fraction of sp³-hybridized carbons (Fsp3) is 0.692. The van der Waals surface area contributed by atoms with E-state index in [0.29, 0.717) is 31.5 Å². The van der Waals surface area contributed by atoms with Gasteiger partial charge in [0.05, 0.1) is 6.10 Å². The van der Waals surface area contributed by atoms with Crippen molar-refractivity contribution < 1.29 is 14.3 Å². The van der Waals surface area contributed by atoms with Crippen LogP contribution in [0.15, 0.2) is 24.3 Å². The van der Waals surface area contributed by atoms with Gasteiger partial charge in [0.2, 0.25) is 11.8 Å². The van der Waals surface area contributed by atoms with E-state index in [0.717, 1.165) is 69.5 Å². The lowest BCUT2D eigenvalue weighted by Gasteiger charge is -2.42. The number of nitrogens with zero attached hydrogens (tertiary/aromatic N) is 3. The van der Waals surface area contributed by atoms with Crippen molar-refractivity contribution >= 4 is 17.5 Å². The number of carbonyl (C=O) groups is 2. The summed E-state index contributed by atoms with van der Waals surface area (Å²) < 4.78 is 5.76. The van der Waals surface area contributed by atoms with E-state index >= 15 is 0 Å². The van der Waals surface area contributed by atoms with Crippen molar-refractivity contribution in [2.75, 3.05) is 31.6 Å². The van der Waals surface area contributed by atoms with Crippen LogP contribution in [0.5, 0.6) is 0 Å². The summed E-state index contributed by atoms with van der Waals surface area (Å²) in [6.07, 6.45) is 8.67. The van der Waals surface area contributed by atoms with Crippen LogP contribution in [0.2, 0.25) is 0 Å². The van der Waals surface area contributed by atoms with Crippen molar-refractivity contribution in [1.82, 2.24) is 9.80 Å². The molecule has 3 aliphatic rings. The molecule has 6 nitrogen and oxygen atoms in total.